The van der Waals surface area contributed by atoms with E-state index in [4.69, 9.17) is 4.74 Å². The van der Waals surface area contributed by atoms with Crippen molar-refractivity contribution < 1.29 is 19.1 Å². The van der Waals surface area contributed by atoms with Crippen molar-refractivity contribution in [3.63, 3.8) is 0 Å². The summed E-state index contributed by atoms with van der Waals surface area (Å²) in [4.78, 5) is 42.8. The Morgan fingerprint density at radius 3 is 2.33 bits per heavy atom. The smallest absolute Gasteiger partial charge is 0.355 e. The number of aryl methyl sites for hydroxylation is 1. The second kappa shape index (κ2) is 8.72. The molecule has 27 heavy (non-hydrogen) atoms. The molecule has 1 aliphatic rings. The highest BCUT2D eigenvalue weighted by atomic mass is 16.5. The van der Waals surface area contributed by atoms with E-state index in [0.717, 1.165) is 19.3 Å². The molecule has 1 aromatic heterocycles. The molecule has 6 heteroatoms. The van der Waals surface area contributed by atoms with Crippen LogP contribution in [0.5, 0.6) is 0 Å². The van der Waals surface area contributed by atoms with Gasteiger partial charge in [0.25, 0.3) is 0 Å². The highest BCUT2D eigenvalue weighted by molar-refractivity contribution is 6.06. The highest BCUT2D eigenvalue weighted by Crippen LogP contribution is 2.32. The van der Waals surface area contributed by atoms with Gasteiger partial charge in [0.05, 0.1) is 12.6 Å². The summed E-state index contributed by atoms with van der Waals surface area (Å²) in [5.41, 5.74) is 2.02. The molecule has 0 bridgehead atoms. The number of carbonyl (C=O) groups is 3. The number of nitrogens with one attached hydrogen (secondary N) is 1. The second-order valence-electron chi connectivity index (χ2n) is 7.87. The van der Waals surface area contributed by atoms with Crippen molar-refractivity contribution in [3.05, 3.63) is 22.5 Å². The first-order valence-corrected chi connectivity index (χ1v) is 9.89. The Morgan fingerprint density at radius 2 is 1.81 bits per heavy atom. The van der Waals surface area contributed by atoms with Crippen LogP contribution in [-0.2, 0) is 9.53 Å². The van der Waals surface area contributed by atoms with E-state index in [2.05, 4.69) is 18.8 Å². The number of hydrogen-bond acceptors (Lipinski definition) is 4. The van der Waals surface area contributed by atoms with Crippen LogP contribution in [-0.4, -0.2) is 46.7 Å². The van der Waals surface area contributed by atoms with Crippen LogP contribution in [0.2, 0.25) is 0 Å². The highest BCUT2D eigenvalue weighted by Gasteiger charge is 2.38. The van der Waals surface area contributed by atoms with Gasteiger partial charge in [-0.25, -0.2) is 4.79 Å². The Hall–Kier alpha value is -2.11. The van der Waals surface area contributed by atoms with Gasteiger partial charge < -0.3 is 14.6 Å². The number of rotatable bonds is 9. The van der Waals surface area contributed by atoms with Crippen molar-refractivity contribution in [2.75, 3.05) is 13.2 Å². The molecule has 1 N–H and O–H groups in total. The van der Waals surface area contributed by atoms with E-state index in [0.29, 0.717) is 35.0 Å². The monoisotopic (exact) mass is 376 g/mol. The summed E-state index contributed by atoms with van der Waals surface area (Å²) in [6, 6.07) is -0.555. The third-order valence-electron chi connectivity index (χ3n) is 5.17. The van der Waals surface area contributed by atoms with Gasteiger partial charge in [0.2, 0.25) is 5.91 Å². The number of ketones is 1. The minimum absolute atomic E-state index is 0.0657. The quantitative estimate of drug-likeness (QED) is 0.527. The number of carbonyl (C=O) groups excluding carboxylic acids is 3. The van der Waals surface area contributed by atoms with Crippen LogP contribution >= 0.6 is 0 Å². The third-order valence-corrected chi connectivity index (χ3v) is 5.17. The first kappa shape index (κ1) is 21.2. The summed E-state index contributed by atoms with van der Waals surface area (Å²) in [6.07, 6.45) is 2.68. The zero-order valence-corrected chi connectivity index (χ0v) is 17.3. The van der Waals surface area contributed by atoms with E-state index >= 15 is 0 Å². The van der Waals surface area contributed by atoms with E-state index in [1.165, 1.54) is 0 Å². The van der Waals surface area contributed by atoms with E-state index in [1.54, 1.807) is 32.6 Å². The van der Waals surface area contributed by atoms with E-state index < -0.39 is 12.0 Å². The minimum atomic E-state index is -0.555. The van der Waals surface area contributed by atoms with Gasteiger partial charge in [-0.05, 0) is 58.4 Å². The predicted molar refractivity (Wildman–Crippen MR) is 104 cm³/mol. The van der Waals surface area contributed by atoms with E-state index in [1.807, 2.05) is 0 Å². The lowest BCUT2D eigenvalue weighted by atomic mass is 9.99. The molecule has 0 aromatic carbocycles. The zero-order chi connectivity index (χ0) is 20.3. The number of nitrogens with zero attached hydrogens (tertiary/aromatic N) is 1. The number of aromatic amines is 1. The van der Waals surface area contributed by atoms with Crippen molar-refractivity contribution >= 4 is 17.7 Å². The molecule has 150 valence electrons. The maximum atomic E-state index is 13.2. The number of Topliss-reactive ketones (excluding diaryl/α,β-unsaturated/α-hetero) is 1. The van der Waals surface area contributed by atoms with Crippen LogP contribution in [0.25, 0.3) is 0 Å². The van der Waals surface area contributed by atoms with Gasteiger partial charge in [-0.1, -0.05) is 13.8 Å². The Balaban J connectivity index is 2.27. The zero-order valence-electron chi connectivity index (χ0n) is 17.3. The summed E-state index contributed by atoms with van der Waals surface area (Å²) in [5, 5.41) is 0. The molecule has 1 fully saturated rings. The van der Waals surface area contributed by atoms with Gasteiger partial charge >= 0.3 is 5.97 Å². The summed E-state index contributed by atoms with van der Waals surface area (Å²) in [6.45, 7) is 12.1. The summed E-state index contributed by atoms with van der Waals surface area (Å²) in [7, 11) is 0. The maximum absolute atomic E-state index is 13.2. The topological polar surface area (TPSA) is 79.5 Å². The van der Waals surface area contributed by atoms with Gasteiger partial charge in [-0.3, -0.25) is 9.59 Å². The number of hydrogen-bond donors (Lipinski definition) is 1. The molecule has 1 aromatic rings. The second-order valence-corrected chi connectivity index (χ2v) is 7.87. The molecule has 1 aliphatic carbocycles. The number of H-pyrrole nitrogens is 1. The van der Waals surface area contributed by atoms with Crippen LogP contribution in [0.3, 0.4) is 0 Å². The van der Waals surface area contributed by atoms with Crippen LogP contribution < -0.4 is 0 Å². The van der Waals surface area contributed by atoms with Gasteiger partial charge in [0.1, 0.15) is 5.69 Å². The SMILES string of the molecule is CCOC(=O)c1[nH]c(C)c(C(=O)C(C)N(CCC(C)C)C(=O)C2CC2)c1C. The largest absolute Gasteiger partial charge is 0.461 e. The van der Waals surface area contributed by atoms with E-state index in [-0.39, 0.29) is 24.2 Å². The van der Waals surface area contributed by atoms with Crippen molar-refractivity contribution in [2.45, 2.75) is 66.8 Å². The lowest BCUT2D eigenvalue weighted by Crippen LogP contribution is -2.45. The van der Waals surface area contributed by atoms with Crippen molar-refractivity contribution in [1.29, 1.82) is 0 Å². The molecule has 1 atom stereocenters. The number of ether oxygens (including phenoxy) is 1. The average molecular weight is 376 g/mol. The van der Waals surface area contributed by atoms with Crippen LogP contribution in [0.15, 0.2) is 0 Å². The third kappa shape index (κ3) is 4.79. The molecular formula is C21H32N2O4. The average Bonchev–Trinajstić information content (AvgIpc) is 3.40. The number of amides is 1. The summed E-state index contributed by atoms with van der Waals surface area (Å²) < 4.78 is 5.06. The first-order valence-electron chi connectivity index (χ1n) is 9.89. The Morgan fingerprint density at radius 1 is 1.19 bits per heavy atom. The molecule has 1 heterocycles. The Kier molecular flexibility index (Phi) is 6.84. The molecule has 0 saturated heterocycles. The first-order chi connectivity index (χ1) is 12.7. The van der Waals surface area contributed by atoms with Gasteiger partial charge in [0, 0.05) is 23.7 Å². The molecule has 0 spiro atoms. The standard InChI is InChI=1S/C21H32N2O4/c1-7-27-21(26)18-13(4)17(14(5)22-18)19(24)15(6)23(11-10-12(2)3)20(25)16-8-9-16/h12,15-16,22H,7-11H2,1-6H3. The molecule has 1 saturated carbocycles. The molecule has 0 radical (unpaired) electrons. The molecule has 1 amide bonds. The molecule has 6 nitrogen and oxygen atoms in total. The van der Waals surface area contributed by atoms with Gasteiger partial charge in [0.15, 0.2) is 5.78 Å². The Labute approximate surface area is 161 Å². The fourth-order valence-electron chi connectivity index (χ4n) is 3.33. The summed E-state index contributed by atoms with van der Waals surface area (Å²) >= 11 is 0. The fourth-order valence-corrected chi connectivity index (χ4v) is 3.33. The van der Waals surface area contributed by atoms with Crippen molar-refractivity contribution in [2.24, 2.45) is 11.8 Å². The van der Waals surface area contributed by atoms with Crippen molar-refractivity contribution in [3.8, 4) is 0 Å². The lowest BCUT2D eigenvalue weighted by molar-refractivity contribution is -0.134. The van der Waals surface area contributed by atoms with Gasteiger partial charge in [-0.15, -0.1) is 0 Å². The predicted octanol–water partition coefficient (Wildman–Crippen LogP) is 3.66. The van der Waals surface area contributed by atoms with Gasteiger partial charge in [-0.2, -0.15) is 0 Å². The van der Waals surface area contributed by atoms with Crippen LogP contribution in [0, 0.1) is 25.7 Å². The number of esters is 1. The maximum Gasteiger partial charge on any atom is 0.355 e. The molecular weight excluding hydrogens is 344 g/mol. The van der Waals surface area contributed by atoms with Crippen molar-refractivity contribution in [1.82, 2.24) is 9.88 Å². The molecule has 1 unspecified atom stereocenters. The normalized spacial score (nSPS) is 14.9. The fraction of sp³-hybridized carbons (Fsp3) is 0.667. The van der Waals surface area contributed by atoms with Crippen LogP contribution in [0.4, 0.5) is 0 Å². The minimum Gasteiger partial charge on any atom is -0.461 e. The summed E-state index contributed by atoms with van der Waals surface area (Å²) in [5.74, 6) is 0.00177. The van der Waals surface area contributed by atoms with Crippen LogP contribution in [0.1, 0.15) is 79.1 Å². The van der Waals surface area contributed by atoms with E-state index in [9.17, 15) is 14.4 Å². The Bertz CT molecular complexity index is 716. The number of aromatic nitrogens is 1. The molecule has 2 rings (SSSR count). The molecule has 0 aliphatic heterocycles. The lowest BCUT2D eigenvalue weighted by Gasteiger charge is -2.29.